The molecular formula is C18H15N7O2S. The van der Waals surface area contributed by atoms with Gasteiger partial charge in [-0.3, -0.25) is 0 Å². The molecule has 0 saturated heterocycles. The van der Waals surface area contributed by atoms with Crippen molar-refractivity contribution >= 4 is 28.0 Å². The molecule has 3 aromatic heterocycles. The molecule has 9 nitrogen and oxygen atoms in total. The lowest BCUT2D eigenvalue weighted by molar-refractivity contribution is 0.0593. The number of hydrogen-bond acceptors (Lipinski definition) is 8. The van der Waals surface area contributed by atoms with E-state index in [0.717, 1.165) is 16.1 Å². The van der Waals surface area contributed by atoms with Gasteiger partial charge in [-0.15, -0.1) is 10.2 Å². The Hall–Kier alpha value is -3.71. The second kappa shape index (κ2) is 6.47. The maximum absolute atomic E-state index is 12.3. The molecule has 0 saturated carbocycles. The number of benzene rings is 1. The largest absolute Gasteiger partial charge is 0.464 e. The topological polar surface area (TPSA) is 124 Å². The Kier molecular flexibility index (Phi) is 4.09. The number of carbonyl (C=O) groups is 1. The van der Waals surface area contributed by atoms with Crippen LogP contribution in [0.4, 0.5) is 5.69 Å². The lowest BCUT2D eigenvalue weighted by atomic mass is 10.1. The van der Waals surface area contributed by atoms with Gasteiger partial charge in [-0.2, -0.15) is 14.9 Å². The molecule has 1 aromatic carbocycles. The molecule has 28 heavy (non-hydrogen) atoms. The summed E-state index contributed by atoms with van der Waals surface area (Å²) >= 11 is 1.41. The summed E-state index contributed by atoms with van der Waals surface area (Å²) in [5.74, 6) is 0.0906. The van der Waals surface area contributed by atoms with E-state index >= 15 is 0 Å². The van der Waals surface area contributed by atoms with Crippen molar-refractivity contribution < 1.29 is 9.53 Å². The Morgan fingerprint density at radius 1 is 1.32 bits per heavy atom. The standard InChI is InChI=1S/C18H15N7O2S/c1-9-4-5-11(16-23-25-10(2)21-22-18(25)28-16)6-13(9)24-8-12(7-19)14(20)15(24)17(26)27-3/h4-6,8H,20H2,1-3H3. The molecule has 0 fully saturated rings. The van der Waals surface area contributed by atoms with Gasteiger partial charge < -0.3 is 15.0 Å². The van der Waals surface area contributed by atoms with E-state index in [1.807, 2.05) is 38.1 Å². The maximum atomic E-state index is 12.3. The Morgan fingerprint density at radius 2 is 2.11 bits per heavy atom. The molecule has 0 spiro atoms. The number of aromatic nitrogens is 5. The molecule has 0 amide bonds. The number of nitrogens with zero attached hydrogens (tertiary/aromatic N) is 6. The van der Waals surface area contributed by atoms with Crippen molar-refractivity contribution in [3.05, 3.63) is 47.0 Å². The highest BCUT2D eigenvalue weighted by Crippen LogP contribution is 2.31. The van der Waals surface area contributed by atoms with Crippen LogP contribution >= 0.6 is 11.3 Å². The van der Waals surface area contributed by atoms with Gasteiger partial charge in [0.2, 0.25) is 4.96 Å². The summed E-state index contributed by atoms with van der Waals surface area (Å²) in [6, 6.07) is 7.76. The number of aryl methyl sites for hydroxylation is 2. The summed E-state index contributed by atoms with van der Waals surface area (Å²) < 4.78 is 8.13. The van der Waals surface area contributed by atoms with Gasteiger partial charge >= 0.3 is 5.97 Å². The first-order valence-corrected chi connectivity index (χ1v) is 9.05. The van der Waals surface area contributed by atoms with E-state index in [1.165, 1.54) is 24.6 Å². The van der Waals surface area contributed by atoms with Crippen LogP contribution in [0.2, 0.25) is 0 Å². The fraction of sp³-hybridized carbons (Fsp3) is 0.167. The van der Waals surface area contributed by atoms with Gasteiger partial charge in [-0.05, 0) is 25.5 Å². The zero-order chi connectivity index (χ0) is 20.0. The van der Waals surface area contributed by atoms with E-state index in [-0.39, 0.29) is 16.9 Å². The number of ether oxygens (including phenoxy) is 1. The molecule has 0 unspecified atom stereocenters. The van der Waals surface area contributed by atoms with Crippen molar-refractivity contribution in [2.45, 2.75) is 13.8 Å². The molecule has 0 radical (unpaired) electrons. The molecular weight excluding hydrogens is 378 g/mol. The summed E-state index contributed by atoms with van der Waals surface area (Å²) in [6.07, 6.45) is 1.54. The highest BCUT2D eigenvalue weighted by Gasteiger charge is 2.23. The summed E-state index contributed by atoms with van der Waals surface area (Å²) in [4.78, 5) is 13.0. The number of nitrogens with two attached hydrogens (primary N) is 1. The van der Waals surface area contributed by atoms with Crippen molar-refractivity contribution in [2.24, 2.45) is 0 Å². The van der Waals surface area contributed by atoms with Crippen molar-refractivity contribution in [1.29, 1.82) is 5.26 Å². The predicted octanol–water partition coefficient (Wildman–Crippen LogP) is 2.50. The van der Waals surface area contributed by atoms with Crippen LogP contribution < -0.4 is 5.73 Å². The van der Waals surface area contributed by atoms with Crippen molar-refractivity contribution in [3.63, 3.8) is 0 Å². The molecule has 0 aliphatic carbocycles. The fourth-order valence-corrected chi connectivity index (χ4v) is 3.82. The van der Waals surface area contributed by atoms with Gasteiger partial charge in [0.05, 0.1) is 18.4 Å². The number of carbonyl (C=O) groups excluding carboxylic acids is 1. The van der Waals surface area contributed by atoms with Gasteiger partial charge in [0.25, 0.3) is 0 Å². The number of nitrogen functional groups attached to an aromatic ring is 1. The minimum Gasteiger partial charge on any atom is -0.464 e. The zero-order valence-corrected chi connectivity index (χ0v) is 16.1. The van der Waals surface area contributed by atoms with Crippen LogP contribution in [-0.2, 0) is 4.74 Å². The second-order valence-corrected chi connectivity index (χ2v) is 7.08. The fourth-order valence-electron chi connectivity index (χ4n) is 2.94. The SMILES string of the molecule is COC(=O)c1c(N)c(C#N)cn1-c1cc(-c2nn3c(C)nnc3s2)ccc1C. The summed E-state index contributed by atoms with van der Waals surface area (Å²) in [5.41, 5.74) is 8.87. The minimum atomic E-state index is -0.613. The Balaban J connectivity index is 1.91. The molecule has 0 aliphatic rings. The van der Waals surface area contributed by atoms with Gasteiger partial charge in [0.15, 0.2) is 11.5 Å². The number of methoxy groups -OCH3 is 1. The first kappa shape index (κ1) is 17.7. The quantitative estimate of drug-likeness (QED) is 0.530. The highest BCUT2D eigenvalue weighted by molar-refractivity contribution is 7.19. The second-order valence-electron chi connectivity index (χ2n) is 6.13. The minimum absolute atomic E-state index is 0.0913. The zero-order valence-electron chi connectivity index (χ0n) is 15.3. The molecule has 140 valence electrons. The number of hydrogen-bond donors (Lipinski definition) is 1. The van der Waals surface area contributed by atoms with E-state index in [1.54, 1.807) is 9.08 Å². The van der Waals surface area contributed by atoms with Gasteiger partial charge in [-0.1, -0.05) is 23.5 Å². The molecule has 0 bridgehead atoms. The van der Waals surface area contributed by atoms with Crippen LogP contribution in [0.1, 0.15) is 27.4 Å². The number of anilines is 1. The third kappa shape index (κ3) is 2.60. The van der Waals surface area contributed by atoms with Crippen molar-refractivity contribution in [3.8, 4) is 22.3 Å². The third-order valence-electron chi connectivity index (χ3n) is 4.41. The molecule has 3 heterocycles. The number of esters is 1. The Labute approximate surface area is 163 Å². The van der Waals surface area contributed by atoms with Gasteiger partial charge in [0, 0.05) is 17.4 Å². The summed E-state index contributed by atoms with van der Waals surface area (Å²) in [7, 11) is 1.27. The van der Waals surface area contributed by atoms with Gasteiger partial charge in [0.1, 0.15) is 11.1 Å². The molecule has 2 N–H and O–H groups in total. The average Bonchev–Trinajstić information content (AvgIpc) is 3.36. The van der Waals surface area contributed by atoms with Crippen LogP contribution in [0.3, 0.4) is 0 Å². The van der Waals surface area contributed by atoms with Crippen molar-refractivity contribution in [1.82, 2.24) is 24.4 Å². The first-order chi connectivity index (χ1) is 13.4. The van der Waals surface area contributed by atoms with Gasteiger partial charge in [-0.25, -0.2) is 4.79 Å². The maximum Gasteiger partial charge on any atom is 0.357 e. The third-order valence-corrected chi connectivity index (χ3v) is 5.35. The molecule has 0 aliphatic heterocycles. The van der Waals surface area contributed by atoms with E-state index in [0.29, 0.717) is 16.5 Å². The normalized spacial score (nSPS) is 10.9. The molecule has 0 atom stereocenters. The van der Waals surface area contributed by atoms with Crippen LogP contribution in [0.5, 0.6) is 0 Å². The van der Waals surface area contributed by atoms with Crippen LogP contribution in [0.15, 0.2) is 24.4 Å². The first-order valence-electron chi connectivity index (χ1n) is 8.24. The number of fused-ring (bicyclic) bond motifs is 1. The lowest BCUT2D eigenvalue weighted by Gasteiger charge is -2.12. The lowest BCUT2D eigenvalue weighted by Crippen LogP contribution is -2.11. The van der Waals surface area contributed by atoms with E-state index in [9.17, 15) is 10.1 Å². The summed E-state index contributed by atoms with van der Waals surface area (Å²) in [5, 5.41) is 22.7. The molecule has 4 rings (SSSR count). The summed E-state index contributed by atoms with van der Waals surface area (Å²) in [6.45, 7) is 3.74. The predicted molar refractivity (Wildman–Crippen MR) is 103 cm³/mol. The monoisotopic (exact) mass is 393 g/mol. The van der Waals surface area contributed by atoms with Crippen LogP contribution in [-0.4, -0.2) is 37.5 Å². The Bertz CT molecular complexity index is 1280. The van der Waals surface area contributed by atoms with Crippen molar-refractivity contribution in [2.75, 3.05) is 12.8 Å². The highest BCUT2D eigenvalue weighted by atomic mass is 32.1. The van der Waals surface area contributed by atoms with Crippen LogP contribution in [0, 0.1) is 25.2 Å². The van der Waals surface area contributed by atoms with E-state index < -0.39 is 5.97 Å². The Morgan fingerprint density at radius 3 is 2.79 bits per heavy atom. The smallest absolute Gasteiger partial charge is 0.357 e. The average molecular weight is 393 g/mol. The van der Waals surface area contributed by atoms with Crippen LogP contribution in [0.25, 0.3) is 21.2 Å². The number of nitriles is 1. The number of rotatable bonds is 3. The molecule has 10 heteroatoms. The van der Waals surface area contributed by atoms with E-state index in [2.05, 4.69) is 15.3 Å². The van der Waals surface area contributed by atoms with E-state index in [4.69, 9.17) is 10.5 Å². The molecule has 4 aromatic rings.